The Hall–Kier alpha value is -1.81. The van der Waals surface area contributed by atoms with Gasteiger partial charge in [0, 0.05) is 11.4 Å². The van der Waals surface area contributed by atoms with Crippen LogP contribution in [0.4, 0.5) is 0 Å². The molecule has 0 spiro atoms. The van der Waals surface area contributed by atoms with E-state index in [9.17, 15) is 10.4 Å². The van der Waals surface area contributed by atoms with Gasteiger partial charge in [-0.3, -0.25) is 0 Å². The molecule has 1 atom stereocenters. The minimum atomic E-state index is -0.630. The van der Waals surface area contributed by atoms with E-state index in [1.165, 1.54) is 11.8 Å². The van der Waals surface area contributed by atoms with Crippen molar-refractivity contribution in [3.05, 3.63) is 47.0 Å². The second-order valence-corrected chi connectivity index (χ2v) is 5.94. The van der Waals surface area contributed by atoms with E-state index >= 15 is 0 Å². The predicted molar refractivity (Wildman–Crippen MR) is 83.5 cm³/mol. The number of nitriles is 1. The number of aryl methyl sites for hydroxylation is 2. The van der Waals surface area contributed by atoms with Crippen molar-refractivity contribution in [2.75, 3.05) is 12.4 Å². The van der Waals surface area contributed by atoms with E-state index in [0.717, 1.165) is 17.0 Å². The van der Waals surface area contributed by atoms with Crippen LogP contribution in [0, 0.1) is 25.2 Å². The Balaban J connectivity index is 1.83. The average molecular weight is 318 g/mol. The molecule has 0 fully saturated rings. The summed E-state index contributed by atoms with van der Waals surface area (Å²) in [6.45, 7) is 4.32. The molecule has 0 amide bonds. The van der Waals surface area contributed by atoms with Crippen molar-refractivity contribution in [1.29, 1.82) is 5.26 Å². The van der Waals surface area contributed by atoms with Gasteiger partial charge in [-0.05, 0) is 37.6 Å². The van der Waals surface area contributed by atoms with Crippen LogP contribution in [0.5, 0.6) is 0 Å². The SMILES string of the molecule is Cc1cc(C)c(C#N)c(SC[C@H](O)COCc2ccco2)n1. The smallest absolute Gasteiger partial charge is 0.129 e. The lowest BCUT2D eigenvalue weighted by molar-refractivity contribution is 0.0328. The van der Waals surface area contributed by atoms with Crippen LogP contribution in [-0.2, 0) is 11.3 Å². The van der Waals surface area contributed by atoms with Crippen LogP contribution in [0.2, 0.25) is 0 Å². The van der Waals surface area contributed by atoms with Crippen molar-refractivity contribution in [2.24, 2.45) is 0 Å². The van der Waals surface area contributed by atoms with Crippen LogP contribution in [0.1, 0.15) is 22.6 Å². The zero-order chi connectivity index (χ0) is 15.9. The van der Waals surface area contributed by atoms with Crippen molar-refractivity contribution in [3.8, 4) is 6.07 Å². The van der Waals surface area contributed by atoms with Crippen molar-refractivity contribution in [2.45, 2.75) is 31.6 Å². The minimum Gasteiger partial charge on any atom is -0.467 e. The average Bonchev–Trinajstić information content (AvgIpc) is 2.98. The standard InChI is InChI=1S/C16H18N2O3S/c1-11-6-12(2)18-16(15(11)7-17)22-10-13(19)8-20-9-14-4-3-5-21-14/h3-6,13,19H,8-10H2,1-2H3/t13-/m1/s1. The molecule has 0 aliphatic rings. The summed E-state index contributed by atoms with van der Waals surface area (Å²) < 4.78 is 10.5. The van der Waals surface area contributed by atoms with Gasteiger partial charge in [-0.2, -0.15) is 5.26 Å². The molecule has 5 nitrogen and oxygen atoms in total. The highest BCUT2D eigenvalue weighted by Crippen LogP contribution is 2.24. The number of ether oxygens (including phenoxy) is 1. The van der Waals surface area contributed by atoms with Crippen LogP contribution in [0.25, 0.3) is 0 Å². The van der Waals surface area contributed by atoms with Crippen LogP contribution in [-0.4, -0.2) is 28.6 Å². The Bertz CT molecular complexity index is 650. The lowest BCUT2D eigenvalue weighted by Gasteiger charge is -2.12. The third-order valence-electron chi connectivity index (χ3n) is 2.97. The Morgan fingerprint density at radius 1 is 1.50 bits per heavy atom. The van der Waals surface area contributed by atoms with Gasteiger partial charge in [-0.25, -0.2) is 4.98 Å². The van der Waals surface area contributed by atoms with Gasteiger partial charge < -0.3 is 14.3 Å². The first-order chi connectivity index (χ1) is 10.6. The molecule has 22 heavy (non-hydrogen) atoms. The van der Waals surface area contributed by atoms with Crippen LogP contribution in [0.3, 0.4) is 0 Å². The number of pyridine rings is 1. The molecule has 2 aromatic rings. The lowest BCUT2D eigenvalue weighted by Crippen LogP contribution is -2.18. The van der Waals surface area contributed by atoms with Gasteiger partial charge in [-0.1, -0.05) is 0 Å². The van der Waals surface area contributed by atoms with Crippen LogP contribution >= 0.6 is 11.8 Å². The van der Waals surface area contributed by atoms with Gasteiger partial charge >= 0.3 is 0 Å². The van der Waals surface area contributed by atoms with Gasteiger partial charge in [-0.15, -0.1) is 11.8 Å². The molecule has 0 saturated heterocycles. The Kier molecular flexibility index (Phi) is 6.01. The van der Waals surface area contributed by atoms with E-state index < -0.39 is 6.10 Å². The van der Waals surface area contributed by atoms with Crippen LogP contribution < -0.4 is 0 Å². The molecule has 2 rings (SSSR count). The van der Waals surface area contributed by atoms with Crippen molar-refractivity contribution < 1.29 is 14.3 Å². The molecule has 2 heterocycles. The van der Waals surface area contributed by atoms with E-state index in [2.05, 4.69) is 11.1 Å². The summed E-state index contributed by atoms with van der Waals surface area (Å²) in [5.41, 5.74) is 2.34. The van der Waals surface area contributed by atoms with E-state index in [4.69, 9.17) is 9.15 Å². The van der Waals surface area contributed by atoms with Gasteiger partial charge in [0.05, 0.1) is 24.5 Å². The fraction of sp³-hybridized carbons (Fsp3) is 0.375. The van der Waals surface area contributed by atoms with E-state index in [1.807, 2.05) is 26.0 Å². The number of rotatable bonds is 7. The third-order valence-corrected chi connectivity index (χ3v) is 4.09. The molecule has 0 aliphatic carbocycles. The lowest BCUT2D eigenvalue weighted by atomic mass is 10.1. The monoisotopic (exact) mass is 318 g/mol. The molecule has 0 aliphatic heterocycles. The van der Waals surface area contributed by atoms with Gasteiger partial charge in [0.15, 0.2) is 0 Å². The molecule has 0 saturated carbocycles. The summed E-state index contributed by atoms with van der Waals surface area (Å²) in [7, 11) is 0. The largest absolute Gasteiger partial charge is 0.467 e. The van der Waals surface area contributed by atoms with Gasteiger partial charge in [0.25, 0.3) is 0 Å². The Morgan fingerprint density at radius 3 is 3.00 bits per heavy atom. The topological polar surface area (TPSA) is 79.3 Å². The van der Waals surface area contributed by atoms with E-state index in [0.29, 0.717) is 22.9 Å². The number of hydrogen-bond acceptors (Lipinski definition) is 6. The molecule has 0 radical (unpaired) electrons. The minimum absolute atomic E-state index is 0.209. The molecular formula is C16H18N2O3S. The molecule has 116 valence electrons. The molecular weight excluding hydrogens is 300 g/mol. The quantitative estimate of drug-likeness (QED) is 0.791. The highest BCUT2D eigenvalue weighted by Gasteiger charge is 2.12. The summed E-state index contributed by atoms with van der Waals surface area (Å²) in [6, 6.07) is 7.66. The number of thioether (sulfide) groups is 1. The van der Waals surface area contributed by atoms with E-state index in [-0.39, 0.29) is 6.61 Å². The third kappa shape index (κ3) is 4.60. The molecule has 0 unspecified atom stereocenters. The predicted octanol–water partition coefficient (Wildman–Crippen LogP) is 2.83. The maximum absolute atomic E-state index is 9.95. The molecule has 1 N–H and O–H groups in total. The molecule has 0 aromatic carbocycles. The van der Waals surface area contributed by atoms with Gasteiger partial charge in [0.1, 0.15) is 23.5 Å². The summed E-state index contributed by atoms with van der Waals surface area (Å²) in [5, 5.41) is 19.8. The number of aliphatic hydroxyl groups is 1. The number of nitrogens with zero attached hydrogens (tertiary/aromatic N) is 2. The fourth-order valence-electron chi connectivity index (χ4n) is 1.96. The highest BCUT2D eigenvalue weighted by molar-refractivity contribution is 7.99. The van der Waals surface area contributed by atoms with E-state index in [1.54, 1.807) is 12.3 Å². The Labute approximate surface area is 133 Å². The molecule has 2 aromatic heterocycles. The molecule has 0 bridgehead atoms. The maximum Gasteiger partial charge on any atom is 0.129 e. The first kappa shape index (κ1) is 16.6. The highest BCUT2D eigenvalue weighted by atomic mass is 32.2. The molecule has 6 heteroatoms. The van der Waals surface area contributed by atoms with Crippen molar-refractivity contribution >= 4 is 11.8 Å². The van der Waals surface area contributed by atoms with Crippen molar-refractivity contribution in [3.63, 3.8) is 0 Å². The summed E-state index contributed by atoms with van der Waals surface area (Å²) in [5.74, 6) is 1.14. The summed E-state index contributed by atoms with van der Waals surface area (Å²) in [4.78, 5) is 4.37. The van der Waals surface area contributed by atoms with Gasteiger partial charge in [0.2, 0.25) is 0 Å². The second kappa shape index (κ2) is 7.99. The number of furan rings is 1. The second-order valence-electron chi connectivity index (χ2n) is 4.93. The summed E-state index contributed by atoms with van der Waals surface area (Å²) in [6.07, 6.45) is 0.953. The first-order valence-corrected chi connectivity index (χ1v) is 7.88. The van der Waals surface area contributed by atoms with Crippen molar-refractivity contribution in [1.82, 2.24) is 4.98 Å². The summed E-state index contributed by atoms with van der Waals surface area (Å²) >= 11 is 1.37. The maximum atomic E-state index is 9.95. The number of hydrogen-bond donors (Lipinski definition) is 1. The number of aromatic nitrogens is 1. The normalized spacial score (nSPS) is 12.1. The fourth-order valence-corrected chi connectivity index (χ4v) is 2.96. The zero-order valence-corrected chi connectivity index (χ0v) is 13.4. The zero-order valence-electron chi connectivity index (χ0n) is 12.6. The van der Waals surface area contributed by atoms with Crippen LogP contribution in [0.15, 0.2) is 33.9 Å². The first-order valence-electron chi connectivity index (χ1n) is 6.89. The number of aliphatic hydroxyl groups excluding tert-OH is 1. The Morgan fingerprint density at radius 2 is 2.32 bits per heavy atom.